The van der Waals surface area contributed by atoms with Crippen molar-refractivity contribution in [2.45, 2.75) is 24.9 Å². The number of nitrogens with zero attached hydrogens (tertiary/aromatic N) is 3. The van der Waals surface area contributed by atoms with Crippen LogP contribution in [0.5, 0.6) is 5.75 Å². The van der Waals surface area contributed by atoms with E-state index in [1.807, 2.05) is 17.0 Å². The highest BCUT2D eigenvalue weighted by molar-refractivity contribution is 7.22. The van der Waals surface area contributed by atoms with E-state index in [1.54, 1.807) is 11.3 Å². The number of carbonyl (C=O) groups is 1. The Bertz CT molecular complexity index is 902. The summed E-state index contributed by atoms with van der Waals surface area (Å²) in [6.45, 7) is 3.03. The van der Waals surface area contributed by atoms with E-state index in [4.69, 9.17) is 16.1 Å². The minimum Gasteiger partial charge on any atom is -0.493 e. The van der Waals surface area contributed by atoms with Crippen LogP contribution in [0, 0.1) is 12.3 Å². The fourth-order valence-electron chi connectivity index (χ4n) is 4.07. The van der Waals surface area contributed by atoms with E-state index in [9.17, 15) is 4.79 Å². The summed E-state index contributed by atoms with van der Waals surface area (Å²) in [5.41, 5.74) is 2.14. The molecule has 1 N–H and O–H groups in total. The predicted molar refractivity (Wildman–Crippen MR) is 97.3 cm³/mol. The molecular weight excluding hydrogens is 336 g/mol. The Labute approximate surface area is 149 Å². The van der Waals surface area contributed by atoms with Gasteiger partial charge in [-0.1, -0.05) is 17.3 Å². The number of thiazole rings is 1. The third kappa shape index (κ3) is 2.29. The van der Waals surface area contributed by atoms with Crippen LogP contribution in [0.3, 0.4) is 0 Å². The van der Waals surface area contributed by atoms with Gasteiger partial charge in [0.2, 0.25) is 0 Å². The maximum atomic E-state index is 12.6. The molecule has 2 amide bonds. The molecule has 2 atom stereocenters. The first-order chi connectivity index (χ1) is 12.2. The lowest BCUT2D eigenvalue weighted by Gasteiger charge is -2.35. The van der Waals surface area contributed by atoms with Crippen LogP contribution in [0.15, 0.2) is 12.1 Å². The topological polar surface area (TPSA) is 57.7 Å². The third-order valence-electron chi connectivity index (χ3n) is 5.27. The molecule has 5 rings (SSSR count). The molecule has 7 heteroatoms. The number of amides is 2. The number of aromatic nitrogens is 1. The SMILES string of the molecule is C#CCN1CCC2NC(=O)N(c3nc4c5c(ccc4s3)OCC5)C2C1. The number of hydrogen-bond acceptors (Lipinski definition) is 5. The summed E-state index contributed by atoms with van der Waals surface area (Å²) in [5, 5.41) is 3.88. The number of carbonyl (C=O) groups excluding carboxylic acids is 1. The molecule has 0 aliphatic carbocycles. The van der Waals surface area contributed by atoms with E-state index < -0.39 is 0 Å². The average Bonchev–Trinajstić information content (AvgIpc) is 3.28. The van der Waals surface area contributed by atoms with E-state index in [0.717, 1.165) is 52.6 Å². The average molecular weight is 354 g/mol. The highest BCUT2D eigenvalue weighted by atomic mass is 32.1. The van der Waals surface area contributed by atoms with Crippen molar-refractivity contribution in [2.75, 3.05) is 31.1 Å². The Morgan fingerprint density at radius 2 is 2.40 bits per heavy atom. The van der Waals surface area contributed by atoms with Crippen molar-refractivity contribution in [3.63, 3.8) is 0 Å². The number of urea groups is 1. The number of likely N-dealkylation sites (tertiary alicyclic amines) is 1. The van der Waals surface area contributed by atoms with Crippen molar-refractivity contribution in [1.82, 2.24) is 15.2 Å². The molecule has 0 radical (unpaired) electrons. The molecule has 25 heavy (non-hydrogen) atoms. The molecule has 6 nitrogen and oxygen atoms in total. The lowest BCUT2D eigenvalue weighted by atomic mass is 10.0. The quantitative estimate of drug-likeness (QED) is 0.836. The first-order valence-electron chi connectivity index (χ1n) is 8.55. The van der Waals surface area contributed by atoms with Crippen LogP contribution in [0.1, 0.15) is 12.0 Å². The maximum Gasteiger partial charge on any atom is 0.324 e. The van der Waals surface area contributed by atoms with Crippen LogP contribution in [0.4, 0.5) is 9.93 Å². The lowest BCUT2D eigenvalue weighted by Crippen LogP contribution is -2.51. The number of terminal acetylenes is 1. The molecule has 1 aromatic carbocycles. The van der Waals surface area contributed by atoms with Crippen LogP contribution in [0.25, 0.3) is 10.2 Å². The van der Waals surface area contributed by atoms with Gasteiger partial charge in [0.05, 0.1) is 35.5 Å². The number of nitrogens with one attached hydrogen (secondary N) is 1. The van der Waals surface area contributed by atoms with Gasteiger partial charge in [0.25, 0.3) is 0 Å². The largest absolute Gasteiger partial charge is 0.493 e. The lowest BCUT2D eigenvalue weighted by molar-refractivity contribution is 0.216. The molecule has 2 saturated heterocycles. The number of piperidine rings is 1. The van der Waals surface area contributed by atoms with Gasteiger partial charge in [-0.2, -0.15) is 0 Å². The molecule has 3 aliphatic heterocycles. The first kappa shape index (κ1) is 15.0. The zero-order valence-electron chi connectivity index (χ0n) is 13.7. The van der Waals surface area contributed by atoms with E-state index in [1.165, 1.54) is 0 Å². The van der Waals surface area contributed by atoms with Crippen molar-refractivity contribution >= 4 is 32.7 Å². The van der Waals surface area contributed by atoms with Crippen molar-refractivity contribution < 1.29 is 9.53 Å². The monoisotopic (exact) mass is 354 g/mol. The van der Waals surface area contributed by atoms with Crippen molar-refractivity contribution in [3.8, 4) is 18.1 Å². The van der Waals surface area contributed by atoms with Gasteiger partial charge >= 0.3 is 6.03 Å². The van der Waals surface area contributed by atoms with Crippen LogP contribution >= 0.6 is 11.3 Å². The molecule has 2 fully saturated rings. The molecule has 3 aliphatic rings. The van der Waals surface area contributed by atoms with Crippen LogP contribution < -0.4 is 15.0 Å². The van der Waals surface area contributed by atoms with Gasteiger partial charge in [-0.25, -0.2) is 9.78 Å². The number of ether oxygens (including phenoxy) is 1. The van der Waals surface area contributed by atoms with Gasteiger partial charge < -0.3 is 10.1 Å². The number of rotatable bonds is 2. The Hall–Kier alpha value is -2.30. The van der Waals surface area contributed by atoms with E-state index in [2.05, 4.69) is 16.1 Å². The summed E-state index contributed by atoms with van der Waals surface area (Å²) in [4.78, 5) is 21.5. The predicted octanol–water partition coefficient (Wildman–Crippen LogP) is 1.84. The summed E-state index contributed by atoms with van der Waals surface area (Å²) in [7, 11) is 0. The van der Waals surface area contributed by atoms with Crippen molar-refractivity contribution in [2.24, 2.45) is 0 Å². The van der Waals surface area contributed by atoms with Gasteiger partial charge in [0.15, 0.2) is 5.13 Å². The van der Waals surface area contributed by atoms with Gasteiger partial charge in [-0.3, -0.25) is 9.80 Å². The minimum atomic E-state index is -0.0514. The molecule has 4 heterocycles. The smallest absolute Gasteiger partial charge is 0.324 e. The summed E-state index contributed by atoms with van der Waals surface area (Å²) in [5.74, 6) is 3.63. The van der Waals surface area contributed by atoms with Gasteiger partial charge in [-0.05, 0) is 18.6 Å². The Morgan fingerprint density at radius 1 is 1.48 bits per heavy atom. The summed E-state index contributed by atoms with van der Waals surface area (Å²) >= 11 is 1.57. The fourth-order valence-corrected chi connectivity index (χ4v) is 5.12. The second-order valence-electron chi connectivity index (χ2n) is 6.71. The van der Waals surface area contributed by atoms with E-state index in [-0.39, 0.29) is 18.1 Å². The van der Waals surface area contributed by atoms with Crippen LogP contribution in [0.2, 0.25) is 0 Å². The molecule has 1 aromatic heterocycles. The molecule has 128 valence electrons. The molecule has 0 bridgehead atoms. The summed E-state index contributed by atoms with van der Waals surface area (Å²) < 4.78 is 6.74. The van der Waals surface area contributed by atoms with Gasteiger partial charge in [0, 0.05) is 25.1 Å². The molecule has 0 saturated carbocycles. The van der Waals surface area contributed by atoms with Crippen LogP contribution in [-0.2, 0) is 6.42 Å². The van der Waals surface area contributed by atoms with E-state index in [0.29, 0.717) is 13.2 Å². The standard InChI is InChI=1S/C18H18N4O2S/c1-2-7-21-8-5-12-13(10-21)22(17(23)19-12)18-20-16-11-6-9-24-14(11)3-4-15(16)25-18/h1,3-4,12-13H,5-10H2,(H,19,23). The number of anilines is 1. The van der Waals surface area contributed by atoms with Gasteiger partial charge in [-0.15, -0.1) is 6.42 Å². The van der Waals surface area contributed by atoms with E-state index >= 15 is 0 Å². The number of fused-ring (bicyclic) bond motifs is 4. The molecule has 2 unspecified atom stereocenters. The third-order valence-corrected chi connectivity index (χ3v) is 6.29. The zero-order valence-corrected chi connectivity index (χ0v) is 14.5. The number of hydrogen-bond donors (Lipinski definition) is 1. The highest BCUT2D eigenvalue weighted by Crippen LogP contribution is 2.39. The molecular formula is C18H18N4O2S. The second-order valence-corrected chi connectivity index (χ2v) is 7.71. The Balaban J connectivity index is 1.52. The Morgan fingerprint density at radius 3 is 3.28 bits per heavy atom. The Kier molecular flexibility index (Phi) is 3.37. The zero-order chi connectivity index (χ0) is 17.0. The molecule has 0 spiro atoms. The van der Waals surface area contributed by atoms with Crippen molar-refractivity contribution in [1.29, 1.82) is 0 Å². The fraction of sp³-hybridized carbons (Fsp3) is 0.444. The van der Waals surface area contributed by atoms with Crippen molar-refractivity contribution in [3.05, 3.63) is 17.7 Å². The first-order valence-corrected chi connectivity index (χ1v) is 9.37. The summed E-state index contributed by atoms with van der Waals surface area (Å²) in [6, 6.07) is 4.25. The number of benzene rings is 1. The maximum absolute atomic E-state index is 12.6. The minimum absolute atomic E-state index is 0.0514. The van der Waals surface area contributed by atoms with Gasteiger partial charge in [0.1, 0.15) is 5.75 Å². The molecule has 2 aromatic rings. The second kappa shape index (κ2) is 5.61. The summed E-state index contributed by atoms with van der Waals surface area (Å²) in [6.07, 6.45) is 7.26. The van der Waals surface area contributed by atoms with Crippen LogP contribution in [-0.4, -0.2) is 54.2 Å². The normalized spacial score (nSPS) is 25.4. The highest BCUT2D eigenvalue weighted by Gasteiger charge is 2.44.